The second-order valence-electron chi connectivity index (χ2n) is 6.04. The van der Waals surface area contributed by atoms with E-state index >= 15 is 0 Å². The minimum absolute atomic E-state index is 0.0735. The summed E-state index contributed by atoms with van der Waals surface area (Å²) in [6, 6.07) is 1.26. The number of guanidine groups is 1. The Labute approximate surface area is 165 Å². The number of nitrogens with zero attached hydrogens (tertiary/aromatic N) is 1. The van der Waals surface area contributed by atoms with Gasteiger partial charge in [0, 0.05) is 6.54 Å². The number of carboxylic acids is 1. The van der Waals surface area contributed by atoms with Gasteiger partial charge in [0.1, 0.15) is 6.04 Å². The van der Waals surface area contributed by atoms with Crippen molar-refractivity contribution in [3.63, 3.8) is 0 Å². The van der Waals surface area contributed by atoms with Crippen LogP contribution < -0.4 is 27.0 Å². The van der Waals surface area contributed by atoms with Gasteiger partial charge in [-0.1, -0.05) is 6.07 Å². The number of carboxylic acid groups (broad SMARTS) is 1. The number of nitrogens with two attached hydrogens (primary N) is 3. The Bertz CT molecular complexity index is 808. The summed E-state index contributed by atoms with van der Waals surface area (Å²) >= 11 is 0. The number of benzene rings is 1. The molecule has 0 saturated heterocycles. The van der Waals surface area contributed by atoms with E-state index in [1.807, 2.05) is 0 Å². The van der Waals surface area contributed by atoms with Crippen LogP contribution >= 0.6 is 7.82 Å². The lowest BCUT2D eigenvalue weighted by atomic mass is 10.0. The first-order chi connectivity index (χ1) is 13.4. The van der Waals surface area contributed by atoms with Crippen molar-refractivity contribution < 1.29 is 38.7 Å². The largest absolute Gasteiger partial charge is 0.524 e. The molecular formula is C15H24N5O8P. The lowest BCUT2D eigenvalue weighted by molar-refractivity contribution is -0.142. The Morgan fingerprint density at radius 3 is 2.45 bits per heavy atom. The number of amides is 1. The molecule has 162 valence electrons. The fourth-order valence-corrected chi connectivity index (χ4v) is 2.69. The third kappa shape index (κ3) is 9.25. The first-order valence-corrected chi connectivity index (χ1v) is 9.83. The fraction of sp³-hybridized carbons (Fsp3) is 0.400. The van der Waals surface area contributed by atoms with Gasteiger partial charge in [-0.15, -0.1) is 0 Å². The number of phosphoric ester groups is 1. The van der Waals surface area contributed by atoms with Gasteiger partial charge < -0.3 is 37.3 Å². The smallest absolute Gasteiger partial charge is 0.504 e. The van der Waals surface area contributed by atoms with Gasteiger partial charge in [0.15, 0.2) is 17.5 Å². The number of nitrogens with one attached hydrogen (secondary N) is 1. The molecule has 11 N–H and O–H groups in total. The minimum Gasteiger partial charge on any atom is -0.504 e. The Hall–Kier alpha value is -2.86. The van der Waals surface area contributed by atoms with Gasteiger partial charge in [0.05, 0.1) is 6.04 Å². The summed E-state index contributed by atoms with van der Waals surface area (Å²) in [5.74, 6) is -3.09. The van der Waals surface area contributed by atoms with Crippen molar-refractivity contribution in [1.29, 1.82) is 0 Å². The maximum absolute atomic E-state index is 12.2. The van der Waals surface area contributed by atoms with Crippen LogP contribution in [0.5, 0.6) is 11.5 Å². The average molecular weight is 433 g/mol. The first-order valence-electron chi connectivity index (χ1n) is 8.30. The highest BCUT2D eigenvalue weighted by Gasteiger charge is 2.24. The second kappa shape index (κ2) is 10.6. The summed E-state index contributed by atoms with van der Waals surface area (Å²) in [6.45, 7) is 0.205. The molecule has 0 unspecified atom stereocenters. The van der Waals surface area contributed by atoms with E-state index < -0.39 is 43.3 Å². The number of aromatic hydroxyl groups is 1. The van der Waals surface area contributed by atoms with Crippen molar-refractivity contribution in [2.45, 2.75) is 31.3 Å². The number of rotatable bonds is 11. The van der Waals surface area contributed by atoms with Gasteiger partial charge in [-0.05, 0) is 37.0 Å². The van der Waals surface area contributed by atoms with E-state index in [-0.39, 0.29) is 25.3 Å². The third-order valence-corrected chi connectivity index (χ3v) is 4.03. The van der Waals surface area contributed by atoms with Crippen molar-refractivity contribution in [1.82, 2.24) is 5.32 Å². The molecule has 1 aromatic carbocycles. The van der Waals surface area contributed by atoms with Crippen molar-refractivity contribution in [3.8, 4) is 11.5 Å². The van der Waals surface area contributed by atoms with Crippen molar-refractivity contribution in [3.05, 3.63) is 23.8 Å². The van der Waals surface area contributed by atoms with Gasteiger partial charge in [-0.3, -0.25) is 19.6 Å². The minimum atomic E-state index is -4.84. The lowest BCUT2D eigenvalue weighted by Crippen LogP contribution is -2.49. The van der Waals surface area contributed by atoms with E-state index in [1.165, 1.54) is 6.07 Å². The summed E-state index contributed by atoms with van der Waals surface area (Å²) in [5.41, 5.74) is 16.5. The van der Waals surface area contributed by atoms with Crippen LogP contribution in [0.1, 0.15) is 18.4 Å². The molecule has 1 aromatic rings. The van der Waals surface area contributed by atoms with Crippen molar-refractivity contribution in [2.24, 2.45) is 22.2 Å². The van der Waals surface area contributed by atoms with E-state index in [0.29, 0.717) is 12.0 Å². The highest BCUT2D eigenvalue weighted by atomic mass is 31.2. The Balaban J connectivity index is 2.68. The number of phenolic OH excluding ortho intramolecular Hbond substituents is 1. The van der Waals surface area contributed by atoms with Crippen molar-refractivity contribution >= 4 is 25.7 Å². The summed E-state index contributed by atoms with van der Waals surface area (Å²) in [6.07, 6.45) is 0.328. The van der Waals surface area contributed by atoms with Crippen LogP contribution in [0.4, 0.5) is 0 Å². The van der Waals surface area contributed by atoms with E-state index in [2.05, 4.69) is 14.8 Å². The maximum atomic E-state index is 12.2. The zero-order chi connectivity index (χ0) is 22.2. The number of phenols is 1. The Morgan fingerprint density at radius 1 is 1.28 bits per heavy atom. The molecule has 0 aliphatic heterocycles. The molecule has 0 bridgehead atoms. The van der Waals surface area contributed by atoms with E-state index in [1.54, 1.807) is 0 Å². The summed E-state index contributed by atoms with van der Waals surface area (Å²) in [7, 11) is -4.84. The van der Waals surface area contributed by atoms with Crippen LogP contribution in [0, 0.1) is 0 Å². The SMILES string of the molecule is NC(N)=NCCC[C@H](NC(=O)[C@@H](N)Cc1ccc(OP(=O)(O)O)c(O)c1)C(=O)O. The molecule has 1 amide bonds. The number of carbonyl (C=O) groups is 2. The molecule has 0 fully saturated rings. The number of aliphatic imine (C=N–C) groups is 1. The third-order valence-electron chi connectivity index (χ3n) is 3.59. The average Bonchev–Trinajstić information content (AvgIpc) is 2.58. The first kappa shape index (κ1) is 24.2. The van der Waals surface area contributed by atoms with E-state index in [0.717, 1.165) is 12.1 Å². The fourth-order valence-electron chi connectivity index (χ4n) is 2.28. The van der Waals surface area contributed by atoms with E-state index in [4.69, 9.17) is 27.0 Å². The molecule has 0 aromatic heterocycles. The number of carbonyl (C=O) groups excluding carboxylic acids is 1. The van der Waals surface area contributed by atoms with Crippen molar-refractivity contribution in [2.75, 3.05) is 6.54 Å². The molecule has 0 radical (unpaired) electrons. The predicted octanol–water partition coefficient (Wildman–Crippen LogP) is -1.64. The zero-order valence-electron chi connectivity index (χ0n) is 15.3. The van der Waals surface area contributed by atoms with Gasteiger partial charge >= 0.3 is 13.8 Å². The molecule has 29 heavy (non-hydrogen) atoms. The quantitative estimate of drug-likeness (QED) is 0.0850. The monoisotopic (exact) mass is 433 g/mol. The Morgan fingerprint density at radius 2 is 1.93 bits per heavy atom. The Kier molecular flexibility index (Phi) is 8.85. The van der Waals surface area contributed by atoms with Crippen LogP contribution in [0.15, 0.2) is 23.2 Å². The highest BCUT2D eigenvalue weighted by Crippen LogP contribution is 2.41. The molecule has 1 rings (SSSR count). The highest BCUT2D eigenvalue weighted by molar-refractivity contribution is 7.46. The van der Waals surface area contributed by atoms with Gasteiger partial charge in [0.25, 0.3) is 0 Å². The van der Waals surface area contributed by atoms with Crippen LogP contribution in [0.2, 0.25) is 0 Å². The zero-order valence-corrected chi connectivity index (χ0v) is 16.2. The molecule has 14 heteroatoms. The molecule has 13 nitrogen and oxygen atoms in total. The van der Waals surface area contributed by atoms with Crippen LogP contribution in [-0.4, -0.2) is 56.5 Å². The molecule has 0 aliphatic carbocycles. The van der Waals surface area contributed by atoms with Crippen LogP contribution in [0.3, 0.4) is 0 Å². The van der Waals surface area contributed by atoms with Crippen LogP contribution in [-0.2, 0) is 20.6 Å². The molecule has 0 aliphatic rings. The van der Waals surface area contributed by atoms with E-state index in [9.17, 15) is 24.4 Å². The molecular weight excluding hydrogens is 409 g/mol. The van der Waals surface area contributed by atoms with Gasteiger partial charge in [-0.2, -0.15) is 0 Å². The molecule has 0 spiro atoms. The summed E-state index contributed by atoms with van der Waals surface area (Å²) < 4.78 is 15.1. The predicted molar refractivity (Wildman–Crippen MR) is 102 cm³/mol. The number of hydrogen-bond acceptors (Lipinski definition) is 7. The van der Waals surface area contributed by atoms with Gasteiger partial charge in [0.2, 0.25) is 5.91 Å². The maximum Gasteiger partial charge on any atom is 0.524 e. The molecule has 0 heterocycles. The number of hydrogen-bond donors (Lipinski definition) is 8. The number of aliphatic carboxylic acids is 1. The topological polar surface area (TPSA) is 244 Å². The second-order valence-corrected chi connectivity index (χ2v) is 7.21. The summed E-state index contributed by atoms with van der Waals surface area (Å²) in [4.78, 5) is 44.7. The standard InChI is InChI=1S/C15H24N5O8P/c16-9(6-8-3-4-12(11(21)7-8)28-29(25,26)27)13(22)20-10(14(23)24)2-1-5-19-15(17)18/h3-4,7,9-10,21H,1-2,5-6,16H2,(H,20,22)(H,23,24)(H4,17,18,19)(H2,25,26,27)/t9-,10-/m0/s1. The normalized spacial score (nSPS) is 13.2. The molecule has 2 atom stereocenters. The lowest BCUT2D eigenvalue weighted by Gasteiger charge is -2.18. The van der Waals surface area contributed by atoms with Crippen LogP contribution in [0.25, 0.3) is 0 Å². The summed E-state index contributed by atoms with van der Waals surface area (Å²) in [5, 5.41) is 21.3. The molecule has 0 saturated carbocycles. The van der Waals surface area contributed by atoms with Gasteiger partial charge in [-0.25, -0.2) is 9.36 Å². The number of phosphoric acid groups is 1.